The van der Waals surface area contributed by atoms with Crippen LogP contribution in [0.15, 0.2) is 24.3 Å². The van der Waals surface area contributed by atoms with Crippen molar-refractivity contribution in [3.63, 3.8) is 0 Å². The summed E-state index contributed by atoms with van der Waals surface area (Å²) in [5.41, 5.74) is 1.43. The smallest absolute Gasteiger partial charge is 0.251 e. The molecule has 19 heavy (non-hydrogen) atoms. The largest absolute Gasteiger partial charge is 0.395 e. The molecule has 0 fully saturated rings. The van der Waals surface area contributed by atoms with Crippen molar-refractivity contribution in [2.45, 2.75) is 13.3 Å². The van der Waals surface area contributed by atoms with Gasteiger partial charge < -0.3 is 15.2 Å². The minimum Gasteiger partial charge on any atom is -0.395 e. The molecule has 0 saturated heterocycles. The van der Waals surface area contributed by atoms with Gasteiger partial charge in [-0.1, -0.05) is 11.8 Å². The van der Waals surface area contributed by atoms with Gasteiger partial charge in [0, 0.05) is 30.7 Å². The van der Waals surface area contributed by atoms with Crippen LogP contribution in [0.4, 0.5) is 0 Å². The molecule has 0 radical (unpaired) electrons. The van der Waals surface area contributed by atoms with E-state index in [9.17, 15) is 4.79 Å². The maximum absolute atomic E-state index is 11.7. The summed E-state index contributed by atoms with van der Waals surface area (Å²) in [5.74, 6) is 5.63. The Bertz CT molecular complexity index is 443. The molecule has 0 spiro atoms. The lowest BCUT2D eigenvalue weighted by molar-refractivity contribution is 0.0922. The molecule has 0 saturated carbocycles. The summed E-state index contributed by atoms with van der Waals surface area (Å²) >= 11 is 0. The number of rotatable bonds is 6. The van der Waals surface area contributed by atoms with Crippen molar-refractivity contribution >= 4 is 5.91 Å². The van der Waals surface area contributed by atoms with Crippen LogP contribution < -0.4 is 5.32 Å². The first kappa shape index (κ1) is 15.2. The molecule has 4 nitrogen and oxygen atoms in total. The topological polar surface area (TPSA) is 58.6 Å². The second kappa shape index (κ2) is 9.15. The van der Waals surface area contributed by atoms with E-state index in [0.29, 0.717) is 31.7 Å². The summed E-state index contributed by atoms with van der Waals surface area (Å²) < 4.78 is 5.14. The van der Waals surface area contributed by atoms with Crippen molar-refractivity contribution in [3.8, 4) is 11.8 Å². The third-order valence-electron chi connectivity index (χ3n) is 2.35. The van der Waals surface area contributed by atoms with Crippen LogP contribution >= 0.6 is 0 Å². The van der Waals surface area contributed by atoms with Crippen LogP contribution in [-0.2, 0) is 4.74 Å². The van der Waals surface area contributed by atoms with Gasteiger partial charge in [-0.3, -0.25) is 4.79 Å². The fourth-order valence-corrected chi connectivity index (χ4v) is 1.41. The Hall–Kier alpha value is -1.83. The Labute approximate surface area is 113 Å². The second-order valence-corrected chi connectivity index (χ2v) is 3.81. The summed E-state index contributed by atoms with van der Waals surface area (Å²) in [7, 11) is 0. The number of ether oxygens (including phenoxy) is 1. The van der Waals surface area contributed by atoms with Crippen LogP contribution in [0, 0.1) is 11.8 Å². The number of hydrogen-bond donors (Lipinski definition) is 2. The summed E-state index contributed by atoms with van der Waals surface area (Å²) in [4.78, 5) is 11.7. The van der Waals surface area contributed by atoms with E-state index >= 15 is 0 Å². The molecule has 1 aromatic rings. The Morgan fingerprint density at radius 1 is 1.37 bits per heavy atom. The van der Waals surface area contributed by atoms with Gasteiger partial charge in [0.05, 0.1) is 13.2 Å². The Balaban J connectivity index is 2.47. The molecule has 102 valence electrons. The highest BCUT2D eigenvalue weighted by atomic mass is 16.5. The van der Waals surface area contributed by atoms with Gasteiger partial charge in [0.25, 0.3) is 5.91 Å². The number of benzene rings is 1. The zero-order chi connectivity index (χ0) is 13.9. The molecule has 1 amide bonds. The van der Waals surface area contributed by atoms with Gasteiger partial charge in [-0.15, -0.1) is 0 Å². The van der Waals surface area contributed by atoms with Crippen molar-refractivity contribution in [2.24, 2.45) is 0 Å². The highest BCUT2D eigenvalue weighted by Gasteiger charge is 2.03. The number of nitrogens with one attached hydrogen (secondary N) is 1. The van der Waals surface area contributed by atoms with Crippen molar-refractivity contribution < 1.29 is 14.6 Å². The quantitative estimate of drug-likeness (QED) is 0.597. The lowest BCUT2D eigenvalue weighted by atomic mass is 10.1. The zero-order valence-corrected chi connectivity index (χ0v) is 11.1. The van der Waals surface area contributed by atoms with Crippen molar-refractivity contribution in [2.75, 3.05) is 26.4 Å². The molecule has 2 N–H and O–H groups in total. The van der Waals surface area contributed by atoms with E-state index < -0.39 is 0 Å². The molecular formula is C15H19NO3. The molecule has 0 atom stereocenters. The van der Waals surface area contributed by atoms with E-state index in [1.165, 1.54) is 0 Å². The van der Waals surface area contributed by atoms with E-state index in [0.717, 1.165) is 5.56 Å². The fraction of sp³-hybridized carbons (Fsp3) is 0.400. The van der Waals surface area contributed by atoms with Gasteiger partial charge >= 0.3 is 0 Å². The normalized spacial score (nSPS) is 9.58. The maximum atomic E-state index is 11.7. The van der Waals surface area contributed by atoms with Gasteiger partial charge in [0.1, 0.15) is 0 Å². The molecule has 0 unspecified atom stereocenters. The number of aliphatic hydroxyl groups is 1. The van der Waals surface area contributed by atoms with Crippen LogP contribution in [-0.4, -0.2) is 37.4 Å². The molecular weight excluding hydrogens is 242 g/mol. The van der Waals surface area contributed by atoms with Crippen molar-refractivity contribution in [1.29, 1.82) is 0 Å². The molecule has 0 aromatic heterocycles. The molecule has 4 heteroatoms. The highest BCUT2D eigenvalue weighted by molar-refractivity contribution is 5.94. The lowest BCUT2D eigenvalue weighted by Crippen LogP contribution is -2.27. The third kappa shape index (κ3) is 6.05. The summed E-state index contributed by atoms with van der Waals surface area (Å²) in [5, 5.41) is 11.4. The summed E-state index contributed by atoms with van der Waals surface area (Å²) in [6.45, 7) is 3.65. The minimum absolute atomic E-state index is 0.0628. The Morgan fingerprint density at radius 3 is 2.74 bits per heavy atom. The fourth-order valence-electron chi connectivity index (χ4n) is 1.41. The SMILES string of the molecule is CCOCCNC(=O)c1ccc(C#CCCO)cc1. The van der Waals surface area contributed by atoms with Crippen LogP contribution in [0.3, 0.4) is 0 Å². The van der Waals surface area contributed by atoms with Gasteiger partial charge in [-0.25, -0.2) is 0 Å². The van der Waals surface area contributed by atoms with Crippen LogP contribution in [0.1, 0.15) is 29.3 Å². The molecule has 0 bridgehead atoms. The first-order chi connectivity index (χ1) is 9.27. The molecule has 0 aliphatic rings. The van der Waals surface area contributed by atoms with Crippen molar-refractivity contribution in [1.82, 2.24) is 5.32 Å². The van der Waals surface area contributed by atoms with Crippen molar-refractivity contribution in [3.05, 3.63) is 35.4 Å². The predicted molar refractivity (Wildman–Crippen MR) is 73.8 cm³/mol. The summed E-state index contributed by atoms with van der Waals surface area (Å²) in [6, 6.07) is 7.06. The monoisotopic (exact) mass is 261 g/mol. The van der Waals surface area contributed by atoms with E-state index in [1.807, 2.05) is 6.92 Å². The van der Waals surface area contributed by atoms with Gasteiger partial charge in [-0.05, 0) is 31.2 Å². The van der Waals surface area contributed by atoms with E-state index in [1.54, 1.807) is 24.3 Å². The number of carbonyl (C=O) groups excluding carboxylic acids is 1. The molecule has 0 heterocycles. The van der Waals surface area contributed by atoms with Crippen LogP contribution in [0.2, 0.25) is 0 Å². The average Bonchev–Trinajstić information content (AvgIpc) is 2.44. The number of carbonyl (C=O) groups is 1. The van der Waals surface area contributed by atoms with Gasteiger partial charge in [-0.2, -0.15) is 0 Å². The van der Waals surface area contributed by atoms with E-state index in [2.05, 4.69) is 17.2 Å². The predicted octanol–water partition coefficient (Wildman–Crippen LogP) is 1.19. The lowest BCUT2D eigenvalue weighted by Gasteiger charge is -2.05. The number of amides is 1. The molecule has 1 aromatic carbocycles. The van der Waals surface area contributed by atoms with Crippen LogP contribution in [0.5, 0.6) is 0 Å². The highest BCUT2D eigenvalue weighted by Crippen LogP contribution is 2.03. The minimum atomic E-state index is -0.116. The maximum Gasteiger partial charge on any atom is 0.251 e. The molecule has 0 aliphatic heterocycles. The number of hydrogen-bond acceptors (Lipinski definition) is 3. The summed E-state index contributed by atoms with van der Waals surface area (Å²) in [6.07, 6.45) is 0.458. The first-order valence-corrected chi connectivity index (χ1v) is 6.33. The number of aliphatic hydroxyl groups excluding tert-OH is 1. The Morgan fingerprint density at radius 2 is 2.11 bits per heavy atom. The molecule has 0 aliphatic carbocycles. The third-order valence-corrected chi connectivity index (χ3v) is 2.35. The van der Waals surface area contributed by atoms with Crippen LogP contribution in [0.25, 0.3) is 0 Å². The second-order valence-electron chi connectivity index (χ2n) is 3.81. The average molecular weight is 261 g/mol. The standard InChI is InChI=1S/C15H19NO3/c1-2-19-12-10-16-15(18)14-8-6-13(7-9-14)5-3-4-11-17/h6-9,17H,2,4,10-12H2,1H3,(H,16,18). The first-order valence-electron chi connectivity index (χ1n) is 6.33. The Kier molecular flexibility index (Phi) is 7.33. The van der Waals surface area contributed by atoms with E-state index in [4.69, 9.17) is 9.84 Å². The zero-order valence-electron chi connectivity index (χ0n) is 11.1. The van der Waals surface area contributed by atoms with E-state index in [-0.39, 0.29) is 12.5 Å². The van der Waals surface area contributed by atoms with Gasteiger partial charge in [0.2, 0.25) is 0 Å². The molecule has 1 rings (SSSR count). The van der Waals surface area contributed by atoms with Gasteiger partial charge in [0.15, 0.2) is 0 Å².